The first-order valence-electron chi connectivity index (χ1n) is 9.01. The van der Waals surface area contributed by atoms with Gasteiger partial charge < -0.3 is 10.1 Å². The zero-order valence-corrected chi connectivity index (χ0v) is 15.5. The number of nitrogens with zero attached hydrogens (tertiary/aromatic N) is 3. The van der Waals surface area contributed by atoms with E-state index in [-0.39, 0.29) is 17.4 Å². The molecule has 9 heteroatoms. The number of hydrogen-bond acceptors (Lipinski definition) is 7. The van der Waals surface area contributed by atoms with E-state index in [0.717, 1.165) is 49.9 Å². The number of para-hydroxylation sites is 1. The van der Waals surface area contributed by atoms with E-state index < -0.39 is 9.85 Å². The standard InChI is InChI=1S/C19H22N4O5/c1-28-19-5-3-2-4-14(19)13-21-10-8-15(9-11-21)20-17-7-6-16(22(24)25)12-18(17)23(26)27/h2-7,12,15,20H,8-11,13H2,1H3. The van der Waals surface area contributed by atoms with E-state index in [0.29, 0.717) is 5.69 Å². The Balaban J connectivity index is 1.61. The van der Waals surface area contributed by atoms with E-state index >= 15 is 0 Å². The quantitative estimate of drug-likeness (QED) is 0.572. The van der Waals surface area contributed by atoms with Crippen LogP contribution < -0.4 is 10.1 Å². The number of benzene rings is 2. The Morgan fingerprint density at radius 3 is 2.46 bits per heavy atom. The molecule has 0 aliphatic carbocycles. The number of non-ortho nitro benzene ring substituents is 1. The summed E-state index contributed by atoms with van der Waals surface area (Å²) in [6.07, 6.45) is 1.65. The Labute approximate surface area is 162 Å². The Hall–Kier alpha value is -3.20. The first-order chi connectivity index (χ1) is 13.5. The van der Waals surface area contributed by atoms with E-state index in [9.17, 15) is 20.2 Å². The highest BCUT2D eigenvalue weighted by Crippen LogP contribution is 2.31. The lowest BCUT2D eigenvalue weighted by molar-refractivity contribution is -0.393. The third-order valence-corrected chi connectivity index (χ3v) is 4.92. The number of likely N-dealkylation sites (tertiary alicyclic amines) is 1. The number of nitrogens with one attached hydrogen (secondary N) is 1. The molecule has 0 radical (unpaired) electrons. The van der Waals surface area contributed by atoms with Crippen LogP contribution in [0.2, 0.25) is 0 Å². The molecule has 0 bridgehead atoms. The van der Waals surface area contributed by atoms with Crippen LogP contribution in [0.5, 0.6) is 5.75 Å². The summed E-state index contributed by atoms with van der Waals surface area (Å²) in [4.78, 5) is 23.2. The van der Waals surface area contributed by atoms with Gasteiger partial charge in [-0.1, -0.05) is 18.2 Å². The Morgan fingerprint density at radius 1 is 1.11 bits per heavy atom. The van der Waals surface area contributed by atoms with Gasteiger partial charge in [0.1, 0.15) is 11.4 Å². The number of rotatable bonds is 7. The molecule has 1 fully saturated rings. The molecule has 0 atom stereocenters. The van der Waals surface area contributed by atoms with E-state index in [1.807, 2.05) is 24.3 Å². The molecule has 0 spiro atoms. The second-order valence-corrected chi connectivity index (χ2v) is 6.72. The van der Waals surface area contributed by atoms with Crippen molar-refractivity contribution < 1.29 is 14.6 Å². The summed E-state index contributed by atoms with van der Waals surface area (Å²) in [5, 5.41) is 25.3. The van der Waals surface area contributed by atoms with Crippen molar-refractivity contribution >= 4 is 17.1 Å². The summed E-state index contributed by atoms with van der Waals surface area (Å²) in [6.45, 7) is 2.47. The third kappa shape index (κ3) is 4.55. The van der Waals surface area contributed by atoms with E-state index in [1.165, 1.54) is 12.1 Å². The number of hydrogen-bond donors (Lipinski definition) is 1. The highest BCUT2D eigenvalue weighted by molar-refractivity contribution is 5.65. The Kier molecular flexibility index (Phi) is 6.05. The first-order valence-corrected chi connectivity index (χ1v) is 9.01. The van der Waals surface area contributed by atoms with Crippen molar-refractivity contribution in [2.24, 2.45) is 0 Å². The van der Waals surface area contributed by atoms with Crippen LogP contribution in [0, 0.1) is 20.2 Å². The predicted octanol–water partition coefficient (Wildman–Crippen LogP) is 3.59. The molecule has 0 aromatic heterocycles. The second-order valence-electron chi connectivity index (χ2n) is 6.72. The van der Waals surface area contributed by atoms with Crippen molar-refractivity contribution in [2.45, 2.75) is 25.4 Å². The van der Waals surface area contributed by atoms with Crippen LogP contribution in [0.1, 0.15) is 18.4 Å². The zero-order chi connectivity index (χ0) is 20.1. The molecule has 1 aliphatic heterocycles. The van der Waals surface area contributed by atoms with Crippen LogP contribution in [-0.4, -0.2) is 41.0 Å². The average molecular weight is 386 g/mol. The summed E-state index contributed by atoms with van der Waals surface area (Å²) in [5.41, 5.74) is 0.885. The highest BCUT2D eigenvalue weighted by Gasteiger charge is 2.24. The van der Waals surface area contributed by atoms with Crippen LogP contribution >= 0.6 is 0 Å². The fourth-order valence-corrected chi connectivity index (χ4v) is 3.44. The lowest BCUT2D eigenvalue weighted by Crippen LogP contribution is -2.38. The number of nitro groups is 2. The van der Waals surface area contributed by atoms with Crippen LogP contribution in [0.4, 0.5) is 17.1 Å². The average Bonchev–Trinajstić information content (AvgIpc) is 2.70. The third-order valence-electron chi connectivity index (χ3n) is 4.92. The zero-order valence-electron chi connectivity index (χ0n) is 15.5. The molecule has 1 saturated heterocycles. The maximum Gasteiger partial charge on any atom is 0.299 e. The van der Waals surface area contributed by atoms with Gasteiger partial charge in [0.05, 0.1) is 23.0 Å². The molecule has 3 rings (SSSR count). The molecule has 2 aromatic rings. The number of ether oxygens (including phenoxy) is 1. The lowest BCUT2D eigenvalue weighted by atomic mass is 10.0. The van der Waals surface area contributed by atoms with Crippen LogP contribution in [-0.2, 0) is 6.54 Å². The molecule has 148 valence electrons. The van der Waals surface area contributed by atoms with Crippen LogP contribution in [0.15, 0.2) is 42.5 Å². The largest absolute Gasteiger partial charge is 0.496 e. The van der Waals surface area contributed by atoms with Crippen molar-refractivity contribution in [1.29, 1.82) is 0 Å². The lowest BCUT2D eigenvalue weighted by Gasteiger charge is -2.33. The normalized spacial score (nSPS) is 15.2. The smallest absolute Gasteiger partial charge is 0.299 e. The van der Waals surface area contributed by atoms with Gasteiger partial charge in [0.2, 0.25) is 0 Å². The van der Waals surface area contributed by atoms with Gasteiger partial charge in [-0.2, -0.15) is 0 Å². The summed E-state index contributed by atoms with van der Waals surface area (Å²) in [7, 11) is 1.66. The molecule has 1 heterocycles. The summed E-state index contributed by atoms with van der Waals surface area (Å²) in [6, 6.07) is 11.7. The minimum absolute atomic E-state index is 0.0778. The number of nitro benzene ring substituents is 2. The summed E-state index contributed by atoms with van der Waals surface area (Å²) < 4.78 is 5.40. The molecular formula is C19H22N4O5. The topological polar surface area (TPSA) is 111 Å². The van der Waals surface area contributed by atoms with Gasteiger partial charge in [0, 0.05) is 37.3 Å². The fraction of sp³-hybridized carbons (Fsp3) is 0.368. The minimum atomic E-state index is -0.632. The second kappa shape index (κ2) is 8.66. The molecular weight excluding hydrogens is 364 g/mol. The highest BCUT2D eigenvalue weighted by atomic mass is 16.6. The SMILES string of the molecule is COc1ccccc1CN1CCC(Nc2ccc([N+](=O)[O-])cc2[N+](=O)[O-])CC1. The number of methoxy groups -OCH3 is 1. The van der Waals surface area contributed by atoms with Crippen molar-refractivity contribution in [3.8, 4) is 5.75 Å². The van der Waals surface area contributed by atoms with Gasteiger partial charge in [0.25, 0.3) is 11.4 Å². The molecule has 1 N–H and O–H groups in total. The maximum absolute atomic E-state index is 11.3. The van der Waals surface area contributed by atoms with Crippen LogP contribution in [0.3, 0.4) is 0 Å². The molecule has 1 aliphatic rings. The molecule has 0 saturated carbocycles. The molecule has 9 nitrogen and oxygen atoms in total. The fourth-order valence-electron chi connectivity index (χ4n) is 3.44. The molecule has 0 unspecified atom stereocenters. The van der Waals surface area contributed by atoms with Gasteiger partial charge in [-0.15, -0.1) is 0 Å². The minimum Gasteiger partial charge on any atom is -0.496 e. The van der Waals surface area contributed by atoms with Gasteiger partial charge in [-0.3, -0.25) is 25.1 Å². The maximum atomic E-state index is 11.3. The van der Waals surface area contributed by atoms with Crippen molar-refractivity contribution in [1.82, 2.24) is 4.90 Å². The summed E-state index contributed by atoms with van der Waals surface area (Å²) in [5.74, 6) is 0.865. The van der Waals surface area contributed by atoms with Crippen LogP contribution in [0.25, 0.3) is 0 Å². The predicted molar refractivity (Wildman–Crippen MR) is 105 cm³/mol. The van der Waals surface area contributed by atoms with Crippen molar-refractivity contribution in [2.75, 3.05) is 25.5 Å². The Morgan fingerprint density at radius 2 is 1.82 bits per heavy atom. The molecule has 28 heavy (non-hydrogen) atoms. The Bertz CT molecular complexity index is 865. The van der Waals surface area contributed by atoms with Gasteiger partial charge in [0.15, 0.2) is 0 Å². The number of anilines is 1. The van der Waals surface area contributed by atoms with Gasteiger partial charge in [-0.25, -0.2) is 0 Å². The van der Waals surface area contributed by atoms with E-state index in [4.69, 9.17) is 4.74 Å². The molecule has 0 amide bonds. The monoisotopic (exact) mass is 386 g/mol. The first kappa shape index (κ1) is 19.6. The van der Waals surface area contributed by atoms with Crippen molar-refractivity contribution in [3.63, 3.8) is 0 Å². The van der Waals surface area contributed by atoms with Gasteiger partial charge in [-0.05, 0) is 25.0 Å². The summed E-state index contributed by atoms with van der Waals surface area (Å²) >= 11 is 0. The van der Waals surface area contributed by atoms with Gasteiger partial charge >= 0.3 is 0 Å². The molecule has 2 aromatic carbocycles. The van der Waals surface area contributed by atoms with E-state index in [1.54, 1.807) is 7.11 Å². The van der Waals surface area contributed by atoms with E-state index in [2.05, 4.69) is 10.2 Å². The number of piperidine rings is 1. The van der Waals surface area contributed by atoms with Crippen molar-refractivity contribution in [3.05, 3.63) is 68.3 Å².